The molecule has 0 amide bonds. The van der Waals surface area contributed by atoms with Crippen molar-refractivity contribution in [3.63, 3.8) is 0 Å². The molecule has 2 heterocycles. The fourth-order valence-corrected chi connectivity index (χ4v) is 1.91. The number of hydrogen-bond acceptors (Lipinski definition) is 4. The summed E-state index contributed by atoms with van der Waals surface area (Å²) in [5, 5.41) is 9.68. The molecule has 0 aliphatic heterocycles. The third-order valence-corrected chi connectivity index (χ3v) is 2.79. The van der Waals surface area contributed by atoms with Crippen LogP contribution in [0.4, 0.5) is 0 Å². The van der Waals surface area contributed by atoms with Gasteiger partial charge in [-0.15, -0.1) is 0 Å². The Morgan fingerprint density at radius 3 is 2.68 bits per heavy atom. The van der Waals surface area contributed by atoms with Crippen LogP contribution in [0.1, 0.15) is 11.4 Å². The predicted octanol–water partition coefficient (Wildman–Crippen LogP) is 0.236. The summed E-state index contributed by atoms with van der Waals surface area (Å²) < 4.78 is 0. The van der Waals surface area contributed by atoms with Gasteiger partial charge in [0.1, 0.15) is 17.1 Å². The van der Waals surface area contributed by atoms with Crippen LogP contribution in [0.3, 0.4) is 0 Å². The molecule has 2 aromatic heterocycles. The number of H-pyrrole nitrogens is 3. The standard InChI is InChI=1S/C12H10N4O3/c17-7-4-2-1-3-6(7)5-8-13-9-10(14-8)15-12(19)16-11(9)18/h1-4,17H,5H2,(H3,13,14,15,16,18,19). The molecule has 3 rings (SSSR count). The number of nitrogens with zero attached hydrogens (tertiary/aromatic N) is 1. The molecule has 0 bridgehead atoms. The molecule has 0 unspecified atom stereocenters. The molecule has 0 saturated heterocycles. The van der Waals surface area contributed by atoms with Crippen LogP contribution in [0.25, 0.3) is 11.2 Å². The first-order chi connectivity index (χ1) is 9.13. The topological polar surface area (TPSA) is 115 Å². The highest BCUT2D eigenvalue weighted by Gasteiger charge is 2.09. The molecule has 0 aliphatic rings. The molecule has 7 heteroatoms. The Morgan fingerprint density at radius 1 is 1.11 bits per heavy atom. The Kier molecular flexibility index (Phi) is 2.45. The number of phenolic OH excluding ortho intramolecular Hbond substituents is 1. The molecule has 0 fully saturated rings. The SMILES string of the molecule is O=c1[nH]c(=O)c2[nH]c(Cc3ccccc3O)nc2[nH]1. The number of hydrogen-bond donors (Lipinski definition) is 4. The third kappa shape index (κ3) is 2.01. The highest BCUT2D eigenvalue weighted by Crippen LogP contribution is 2.18. The van der Waals surface area contributed by atoms with Gasteiger partial charge < -0.3 is 10.1 Å². The van der Waals surface area contributed by atoms with Crippen molar-refractivity contribution in [2.45, 2.75) is 6.42 Å². The lowest BCUT2D eigenvalue weighted by Crippen LogP contribution is -2.21. The lowest BCUT2D eigenvalue weighted by atomic mass is 10.1. The number of nitrogens with one attached hydrogen (secondary N) is 3. The minimum Gasteiger partial charge on any atom is -0.508 e. The summed E-state index contributed by atoms with van der Waals surface area (Å²) in [7, 11) is 0. The number of para-hydroxylation sites is 1. The number of aromatic hydroxyl groups is 1. The van der Waals surface area contributed by atoms with E-state index in [9.17, 15) is 14.7 Å². The fourth-order valence-electron chi connectivity index (χ4n) is 1.91. The monoisotopic (exact) mass is 258 g/mol. The Morgan fingerprint density at radius 2 is 1.89 bits per heavy atom. The van der Waals surface area contributed by atoms with Crippen LogP contribution in [0.2, 0.25) is 0 Å². The van der Waals surface area contributed by atoms with Gasteiger partial charge in [0.2, 0.25) is 0 Å². The van der Waals surface area contributed by atoms with Crippen molar-refractivity contribution in [1.82, 2.24) is 19.9 Å². The summed E-state index contributed by atoms with van der Waals surface area (Å²) in [5.74, 6) is 0.647. The van der Waals surface area contributed by atoms with Gasteiger partial charge in [0, 0.05) is 12.0 Å². The van der Waals surface area contributed by atoms with E-state index in [-0.39, 0.29) is 16.9 Å². The van der Waals surface area contributed by atoms with Gasteiger partial charge in [-0.25, -0.2) is 9.78 Å². The minimum absolute atomic E-state index is 0.158. The first-order valence-electron chi connectivity index (χ1n) is 5.61. The van der Waals surface area contributed by atoms with Crippen LogP contribution in [0.5, 0.6) is 5.75 Å². The molecule has 0 saturated carbocycles. The molecule has 0 aliphatic carbocycles. The highest BCUT2D eigenvalue weighted by molar-refractivity contribution is 5.68. The highest BCUT2D eigenvalue weighted by atomic mass is 16.3. The molecule has 0 spiro atoms. The average Bonchev–Trinajstić information content (AvgIpc) is 2.75. The molecule has 4 N–H and O–H groups in total. The van der Waals surface area contributed by atoms with Crippen LogP contribution < -0.4 is 11.2 Å². The Hall–Kier alpha value is -2.83. The van der Waals surface area contributed by atoms with E-state index in [0.29, 0.717) is 17.8 Å². The second-order valence-electron chi connectivity index (χ2n) is 4.12. The van der Waals surface area contributed by atoms with E-state index >= 15 is 0 Å². The minimum atomic E-state index is -0.599. The molecule has 3 aromatic rings. The largest absolute Gasteiger partial charge is 0.508 e. The van der Waals surface area contributed by atoms with E-state index in [1.807, 2.05) is 0 Å². The van der Waals surface area contributed by atoms with Crippen LogP contribution in [-0.4, -0.2) is 25.0 Å². The summed E-state index contributed by atoms with van der Waals surface area (Å²) in [5.41, 5.74) is -0.0163. The molecule has 96 valence electrons. The van der Waals surface area contributed by atoms with Crippen LogP contribution in [-0.2, 0) is 6.42 Å². The first kappa shape index (κ1) is 11.3. The van der Waals surface area contributed by atoms with Gasteiger partial charge >= 0.3 is 5.69 Å². The fraction of sp³-hybridized carbons (Fsp3) is 0.0833. The Bertz CT molecular complexity index is 859. The number of rotatable bonds is 2. The maximum atomic E-state index is 11.5. The first-order valence-corrected chi connectivity index (χ1v) is 5.61. The van der Waals surface area contributed by atoms with Gasteiger partial charge in [0.15, 0.2) is 5.65 Å². The number of fused-ring (bicyclic) bond motifs is 1. The van der Waals surface area contributed by atoms with E-state index in [4.69, 9.17) is 0 Å². The number of imidazole rings is 1. The van der Waals surface area contributed by atoms with Crippen molar-refractivity contribution in [2.75, 3.05) is 0 Å². The van der Waals surface area contributed by atoms with Gasteiger partial charge in [0.25, 0.3) is 5.56 Å². The maximum absolute atomic E-state index is 11.5. The lowest BCUT2D eigenvalue weighted by molar-refractivity contribution is 0.469. The molecule has 0 radical (unpaired) electrons. The quantitative estimate of drug-likeness (QED) is 0.527. The summed E-state index contributed by atoms with van der Waals surface area (Å²) in [6.45, 7) is 0. The van der Waals surface area contributed by atoms with E-state index in [0.717, 1.165) is 0 Å². The van der Waals surface area contributed by atoms with E-state index < -0.39 is 11.2 Å². The molecule has 19 heavy (non-hydrogen) atoms. The normalized spacial score (nSPS) is 10.9. The smallest absolute Gasteiger partial charge is 0.327 e. The van der Waals surface area contributed by atoms with Gasteiger partial charge in [-0.2, -0.15) is 0 Å². The van der Waals surface area contributed by atoms with Crippen molar-refractivity contribution in [2.24, 2.45) is 0 Å². The zero-order chi connectivity index (χ0) is 13.4. The zero-order valence-electron chi connectivity index (χ0n) is 9.73. The van der Waals surface area contributed by atoms with Crippen LogP contribution in [0.15, 0.2) is 33.9 Å². The number of aromatic nitrogens is 4. The number of aromatic amines is 3. The van der Waals surface area contributed by atoms with Crippen molar-refractivity contribution >= 4 is 11.2 Å². The van der Waals surface area contributed by atoms with Crippen molar-refractivity contribution in [1.29, 1.82) is 0 Å². The van der Waals surface area contributed by atoms with Gasteiger partial charge in [-0.05, 0) is 6.07 Å². The van der Waals surface area contributed by atoms with Gasteiger partial charge in [0.05, 0.1) is 0 Å². The summed E-state index contributed by atoms with van der Waals surface area (Å²) in [6.07, 6.45) is 0.336. The average molecular weight is 258 g/mol. The van der Waals surface area contributed by atoms with Crippen molar-refractivity contribution < 1.29 is 5.11 Å². The van der Waals surface area contributed by atoms with E-state index in [1.165, 1.54) is 0 Å². The van der Waals surface area contributed by atoms with Gasteiger partial charge in [-0.1, -0.05) is 18.2 Å². The van der Waals surface area contributed by atoms with Crippen molar-refractivity contribution in [3.05, 3.63) is 56.5 Å². The lowest BCUT2D eigenvalue weighted by Gasteiger charge is -2.00. The second kappa shape index (κ2) is 4.13. The Labute approximate surface area is 106 Å². The van der Waals surface area contributed by atoms with Crippen LogP contribution >= 0.6 is 0 Å². The molecular formula is C12H10N4O3. The van der Waals surface area contributed by atoms with Crippen molar-refractivity contribution in [3.8, 4) is 5.75 Å². The predicted molar refractivity (Wildman–Crippen MR) is 68.2 cm³/mol. The number of benzene rings is 1. The van der Waals surface area contributed by atoms with Crippen LogP contribution in [0, 0.1) is 0 Å². The molecule has 1 aromatic carbocycles. The molecule has 7 nitrogen and oxygen atoms in total. The maximum Gasteiger partial charge on any atom is 0.327 e. The molecule has 0 atom stereocenters. The van der Waals surface area contributed by atoms with E-state index in [1.54, 1.807) is 24.3 Å². The molecular weight excluding hydrogens is 248 g/mol. The summed E-state index contributed by atoms with van der Waals surface area (Å²) in [6, 6.07) is 6.86. The number of phenols is 1. The van der Waals surface area contributed by atoms with E-state index in [2.05, 4.69) is 19.9 Å². The third-order valence-electron chi connectivity index (χ3n) is 2.79. The second-order valence-corrected chi connectivity index (χ2v) is 4.12. The summed E-state index contributed by atoms with van der Waals surface area (Å²) in [4.78, 5) is 34.2. The Balaban J connectivity index is 2.08. The summed E-state index contributed by atoms with van der Waals surface area (Å²) >= 11 is 0. The van der Waals surface area contributed by atoms with Gasteiger partial charge in [-0.3, -0.25) is 14.8 Å². The zero-order valence-corrected chi connectivity index (χ0v) is 9.73.